The number of hydrogen-bond acceptors (Lipinski definition) is 7. The Balaban J connectivity index is 1.27. The normalized spacial score (nSPS) is 13.7. The Kier molecular flexibility index (Phi) is 8.86. The van der Waals surface area contributed by atoms with Gasteiger partial charge in [0.05, 0.1) is 17.3 Å². The van der Waals surface area contributed by atoms with Gasteiger partial charge in [-0.1, -0.05) is 59.6 Å². The number of aromatic amines is 1. The van der Waals surface area contributed by atoms with Crippen molar-refractivity contribution >= 4 is 63.3 Å². The van der Waals surface area contributed by atoms with Gasteiger partial charge in [0, 0.05) is 58.4 Å². The van der Waals surface area contributed by atoms with Crippen LogP contribution in [0.3, 0.4) is 0 Å². The van der Waals surface area contributed by atoms with Crippen LogP contribution in [0.25, 0.3) is 28.2 Å². The molecule has 0 spiro atoms. The number of tetrazole rings is 1. The molecule has 46 heavy (non-hydrogen) atoms. The number of carbonyl (C=O) groups excluding carboxylic acids is 2. The zero-order valence-electron chi connectivity index (χ0n) is 24.4. The Morgan fingerprint density at radius 3 is 2.65 bits per heavy atom. The van der Waals surface area contributed by atoms with Gasteiger partial charge in [-0.05, 0) is 64.4 Å². The molecule has 2 aromatic heterocycles. The molecule has 6 rings (SSSR count). The number of rotatable bonds is 9. The molecule has 1 aliphatic heterocycles. The van der Waals surface area contributed by atoms with Gasteiger partial charge in [-0.15, -0.1) is 5.10 Å². The van der Waals surface area contributed by atoms with Crippen LogP contribution in [0.4, 0.5) is 0 Å². The van der Waals surface area contributed by atoms with Crippen LogP contribution in [0, 0.1) is 0 Å². The second-order valence-electron chi connectivity index (χ2n) is 10.5. The van der Waals surface area contributed by atoms with Crippen LogP contribution in [0.15, 0.2) is 100 Å². The van der Waals surface area contributed by atoms with Crippen molar-refractivity contribution in [2.24, 2.45) is 4.99 Å². The zero-order chi connectivity index (χ0) is 32.2. The highest BCUT2D eigenvalue weighted by atomic mass is 35.5. The van der Waals surface area contributed by atoms with E-state index < -0.39 is 6.04 Å². The number of pyridine rings is 1. The van der Waals surface area contributed by atoms with E-state index in [1.54, 1.807) is 30.3 Å². The lowest BCUT2D eigenvalue weighted by molar-refractivity contribution is -0.116. The van der Waals surface area contributed by atoms with Gasteiger partial charge in [-0.25, -0.2) is 4.99 Å². The molecule has 3 aromatic carbocycles. The summed E-state index contributed by atoms with van der Waals surface area (Å²) in [6, 6.07) is 21.1. The first-order valence-corrected chi connectivity index (χ1v) is 15.0. The predicted octanol–water partition coefficient (Wildman–Crippen LogP) is 4.71. The van der Waals surface area contributed by atoms with Crippen LogP contribution in [-0.2, 0) is 11.2 Å². The van der Waals surface area contributed by atoms with Gasteiger partial charge >= 0.3 is 0 Å². The lowest BCUT2D eigenvalue weighted by atomic mass is 9.94. The molecular weight excluding hydrogens is 627 g/mol. The van der Waals surface area contributed by atoms with Crippen molar-refractivity contribution in [3.05, 3.63) is 128 Å². The summed E-state index contributed by atoms with van der Waals surface area (Å²) >= 11 is 13.0. The van der Waals surface area contributed by atoms with E-state index in [1.807, 2.05) is 42.5 Å². The van der Waals surface area contributed by atoms with Crippen LogP contribution in [0.2, 0.25) is 5.02 Å². The highest BCUT2D eigenvalue weighted by molar-refractivity contribution is 6.35. The smallest absolute Gasteiger partial charge is 0.251 e. The Bertz CT molecular complexity index is 2100. The Labute approximate surface area is 272 Å². The summed E-state index contributed by atoms with van der Waals surface area (Å²) in [7, 11) is 1.51. The van der Waals surface area contributed by atoms with E-state index in [-0.39, 0.29) is 28.1 Å². The van der Waals surface area contributed by atoms with Crippen molar-refractivity contribution < 1.29 is 9.59 Å². The van der Waals surface area contributed by atoms with Gasteiger partial charge in [-0.3, -0.25) is 14.4 Å². The number of carbonyl (C=O) groups is 2. The van der Waals surface area contributed by atoms with Crippen LogP contribution in [-0.4, -0.2) is 55.8 Å². The molecule has 5 aromatic rings. The van der Waals surface area contributed by atoms with Gasteiger partial charge < -0.3 is 15.6 Å². The molecule has 0 fully saturated rings. The number of nitrogens with one attached hydrogen (secondary N) is 3. The number of nitrogens with zero attached hydrogens (tertiary/aromatic N) is 5. The lowest BCUT2D eigenvalue weighted by Crippen LogP contribution is -2.41. The van der Waals surface area contributed by atoms with Crippen molar-refractivity contribution in [3.8, 4) is 5.69 Å². The monoisotopic (exact) mass is 652 g/mol. The third-order valence-corrected chi connectivity index (χ3v) is 8.06. The SMILES string of the molecule is CNC(=O)c1cc(=O)[nH]c2ccc(C3=C(Cl)N=C([C@H](Cc4ccccc4)NC(=O)/C=C/c4cc(Cl)ccc4-n4cnnn4)C3)cc12. The van der Waals surface area contributed by atoms with E-state index in [1.165, 1.54) is 30.2 Å². The Morgan fingerprint density at radius 1 is 1.07 bits per heavy atom. The molecule has 1 atom stereocenters. The summed E-state index contributed by atoms with van der Waals surface area (Å²) in [5.74, 6) is -0.723. The molecule has 0 aliphatic carbocycles. The minimum atomic E-state index is -0.484. The molecule has 1 aliphatic rings. The number of aromatic nitrogens is 5. The number of amides is 2. The first-order valence-electron chi connectivity index (χ1n) is 14.2. The average Bonchev–Trinajstić information content (AvgIpc) is 3.73. The molecule has 11 nitrogen and oxygen atoms in total. The van der Waals surface area contributed by atoms with Crippen LogP contribution >= 0.6 is 23.2 Å². The summed E-state index contributed by atoms with van der Waals surface area (Å²) in [4.78, 5) is 45.5. The molecule has 2 amide bonds. The molecule has 0 unspecified atom stereocenters. The second-order valence-corrected chi connectivity index (χ2v) is 11.3. The maximum absolute atomic E-state index is 13.3. The van der Waals surface area contributed by atoms with Crippen LogP contribution in [0.5, 0.6) is 0 Å². The molecular formula is C33H26Cl2N8O3. The molecule has 0 radical (unpaired) electrons. The molecule has 3 N–H and O–H groups in total. The van der Waals surface area contributed by atoms with E-state index in [9.17, 15) is 14.4 Å². The van der Waals surface area contributed by atoms with Crippen LogP contribution in [0.1, 0.15) is 33.5 Å². The number of H-pyrrole nitrogens is 1. The summed E-state index contributed by atoms with van der Waals surface area (Å²) < 4.78 is 1.48. The molecule has 0 saturated carbocycles. The summed E-state index contributed by atoms with van der Waals surface area (Å²) in [5, 5.41) is 18.3. The van der Waals surface area contributed by atoms with E-state index in [0.717, 1.165) is 16.7 Å². The Hall–Kier alpha value is -5.39. The quantitative estimate of drug-likeness (QED) is 0.155. The third kappa shape index (κ3) is 6.65. The lowest BCUT2D eigenvalue weighted by Gasteiger charge is -2.19. The average molecular weight is 654 g/mol. The van der Waals surface area contributed by atoms with Crippen molar-refractivity contribution in [1.82, 2.24) is 35.8 Å². The molecule has 0 bridgehead atoms. The first kappa shape index (κ1) is 30.6. The number of benzene rings is 3. The van der Waals surface area contributed by atoms with Crippen molar-refractivity contribution in [2.45, 2.75) is 18.9 Å². The van der Waals surface area contributed by atoms with Crippen molar-refractivity contribution in [3.63, 3.8) is 0 Å². The molecule has 13 heteroatoms. The van der Waals surface area contributed by atoms with Gasteiger partial charge in [0.1, 0.15) is 11.5 Å². The molecule has 230 valence electrons. The number of fused-ring (bicyclic) bond motifs is 1. The van der Waals surface area contributed by atoms with Crippen LogP contribution < -0.4 is 16.2 Å². The van der Waals surface area contributed by atoms with Gasteiger partial charge in [0.2, 0.25) is 11.5 Å². The number of allylic oxidation sites excluding steroid dienone is 1. The molecule has 0 saturated heterocycles. The van der Waals surface area contributed by atoms with E-state index >= 15 is 0 Å². The number of halogens is 2. The fourth-order valence-corrected chi connectivity index (χ4v) is 5.76. The highest BCUT2D eigenvalue weighted by Gasteiger charge is 2.27. The summed E-state index contributed by atoms with van der Waals surface area (Å²) in [6.07, 6.45) is 5.37. The predicted molar refractivity (Wildman–Crippen MR) is 178 cm³/mol. The fraction of sp³-hybridized carbons (Fsp3) is 0.121. The number of hydrogen-bond donors (Lipinski definition) is 3. The first-order chi connectivity index (χ1) is 22.3. The van der Waals surface area contributed by atoms with E-state index in [0.29, 0.717) is 45.7 Å². The van der Waals surface area contributed by atoms with Gasteiger partial charge in [0.15, 0.2) is 0 Å². The topological polar surface area (TPSA) is 147 Å². The maximum atomic E-state index is 13.3. The van der Waals surface area contributed by atoms with Crippen molar-refractivity contribution in [1.29, 1.82) is 0 Å². The summed E-state index contributed by atoms with van der Waals surface area (Å²) in [5.41, 5.74) is 4.86. The minimum absolute atomic E-state index is 0.253. The van der Waals surface area contributed by atoms with Gasteiger partial charge in [0.25, 0.3) is 5.91 Å². The fourth-order valence-electron chi connectivity index (χ4n) is 5.30. The third-order valence-electron chi connectivity index (χ3n) is 7.51. The Morgan fingerprint density at radius 2 is 1.89 bits per heavy atom. The van der Waals surface area contributed by atoms with Crippen molar-refractivity contribution in [2.75, 3.05) is 7.05 Å². The second kappa shape index (κ2) is 13.3. The minimum Gasteiger partial charge on any atom is -0.355 e. The number of aliphatic imine (C=N–C) groups is 1. The van der Waals surface area contributed by atoms with Gasteiger partial charge in [-0.2, -0.15) is 4.68 Å². The van der Waals surface area contributed by atoms with E-state index in [4.69, 9.17) is 23.2 Å². The zero-order valence-corrected chi connectivity index (χ0v) is 25.9. The largest absolute Gasteiger partial charge is 0.355 e. The standard InChI is InChI=1S/C33H26Cl2N8O3/c1-36-33(46)25-17-31(45)38-26-10-7-20(15-24(25)26)23-16-28(40-32(23)35)27(13-19-5-3-2-4-6-19)39-30(44)12-8-21-14-22(34)9-11-29(21)43-18-37-41-42-43/h2-12,14-15,17-18,27H,13,16H2,1H3,(H,36,46)(H,38,45)(H,39,44)/b12-8+/t27-/m0/s1. The summed E-state index contributed by atoms with van der Waals surface area (Å²) in [6.45, 7) is 0. The highest BCUT2D eigenvalue weighted by Crippen LogP contribution is 2.34. The molecule has 3 heterocycles. The maximum Gasteiger partial charge on any atom is 0.251 e. The van der Waals surface area contributed by atoms with E-state index in [2.05, 4.69) is 36.1 Å².